The zero-order valence-electron chi connectivity index (χ0n) is 7.67. The number of aryl methyl sites for hydroxylation is 1. The molecule has 0 fully saturated rings. The summed E-state index contributed by atoms with van der Waals surface area (Å²) >= 11 is 1.50. The molecule has 0 aliphatic carbocycles. The minimum Gasteiger partial charge on any atom is -0.550 e. The molecule has 0 amide bonds. The number of nitrogens with zero attached hydrogens (tertiary/aromatic N) is 2. The van der Waals surface area contributed by atoms with E-state index in [4.69, 9.17) is 4.52 Å². The van der Waals surface area contributed by atoms with Crippen molar-refractivity contribution in [1.82, 2.24) is 10.1 Å². The van der Waals surface area contributed by atoms with Crippen molar-refractivity contribution in [2.24, 2.45) is 0 Å². The van der Waals surface area contributed by atoms with E-state index in [9.17, 15) is 9.90 Å². The number of aromatic nitrogens is 2. The number of carboxylic acids is 1. The van der Waals surface area contributed by atoms with Gasteiger partial charge in [0.15, 0.2) is 0 Å². The molecule has 0 radical (unpaired) electrons. The Hall–Kier alpha value is -1.69. The van der Waals surface area contributed by atoms with Gasteiger partial charge in [-0.05, 0) is 17.9 Å². The standard InChI is InChI=1S/C9H8N2O3S/c12-8(13)4-3-7-10-9(11-14-7)6-2-1-5-15-6/h1-2,5H,3-4H2,(H,12,13)/p-1. The minimum absolute atomic E-state index is 0.105. The monoisotopic (exact) mass is 223 g/mol. The lowest BCUT2D eigenvalue weighted by Crippen LogP contribution is -2.22. The van der Waals surface area contributed by atoms with Gasteiger partial charge in [0.25, 0.3) is 0 Å². The van der Waals surface area contributed by atoms with E-state index < -0.39 is 5.97 Å². The van der Waals surface area contributed by atoms with Crippen molar-refractivity contribution in [1.29, 1.82) is 0 Å². The Balaban J connectivity index is 2.08. The highest BCUT2D eigenvalue weighted by atomic mass is 32.1. The van der Waals surface area contributed by atoms with Crippen molar-refractivity contribution >= 4 is 17.3 Å². The number of hydrogen-bond acceptors (Lipinski definition) is 6. The van der Waals surface area contributed by atoms with Crippen molar-refractivity contribution in [3.63, 3.8) is 0 Å². The van der Waals surface area contributed by atoms with Gasteiger partial charge in [-0.2, -0.15) is 4.98 Å². The molecule has 0 aromatic carbocycles. The fraction of sp³-hybridized carbons (Fsp3) is 0.222. The van der Waals surface area contributed by atoms with E-state index in [-0.39, 0.29) is 12.8 Å². The molecule has 0 aliphatic heterocycles. The Morgan fingerprint density at radius 1 is 1.60 bits per heavy atom. The van der Waals surface area contributed by atoms with Crippen LogP contribution in [0.3, 0.4) is 0 Å². The molecule has 0 unspecified atom stereocenters. The molecule has 2 rings (SSSR count). The first-order chi connectivity index (χ1) is 7.25. The Labute approximate surface area is 89.4 Å². The van der Waals surface area contributed by atoms with Crippen LogP contribution in [0.15, 0.2) is 22.0 Å². The number of thiophene rings is 1. The van der Waals surface area contributed by atoms with E-state index in [2.05, 4.69) is 10.1 Å². The van der Waals surface area contributed by atoms with Gasteiger partial charge < -0.3 is 14.4 Å². The van der Waals surface area contributed by atoms with Crippen LogP contribution in [0.1, 0.15) is 12.3 Å². The van der Waals surface area contributed by atoms with E-state index in [0.717, 1.165) is 4.88 Å². The first kappa shape index (κ1) is 9.85. The maximum atomic E-state index is 10.2. The van der Waals surface area contributed by atoms with E-state index in [1.54, 1.807) is 0 Å². The predicted molar refractivity (Wildman–Crippen MR) is 50.9 cm³/mol. The van der Waals surface area contributed by atoms with E-state index in [1.165, 1.54) is 11.3 Å². The summed E-state index contributed by atoms with van der Waals surface area (Å²) < 4.78 is 4.89. The van der Waals surface area contributed by atoms with Gasteiger partial charge in [0, 0.05) is 12.4 Å². The molecule has 5 nitrogen and oxygen atoms in total. The third-order valence-corrected chi connectivity index (χ3v) is 2.62. The molecule has 0 N–H and O–H groups in total. The maximum Gasteiger partial charge on any atom is 0.227 e. The average Bonchev–Trinajstić information content (AvgIpc) is 2.85. The zero-order valence-corrected chi connectivity index (χ0v) is 8.49. The third-order valence-electron chi connectivity index (χ3n) is 1.75. The van der Waals surface area contributed by atoms with Crippen molar-refractivity contribution in [3.8, 4) is 10.7 Å². The molecule has 78 valence electrons. The second kappa shape index (κ2) is 4.22. The lowest BCUT2D eigenvalue weighted by atomic mass is 10.3. The van der Waals surface area contributed by atoms with Crippen molar-refractivity contribution in [2.45, 2.75) is 12.8 Å². The number of hydrogen-bond donors (Lipinski definition) is 0. The molecule has 2 aromatic heterocycles. The SMILES string of the molecule is O=C([O-])CCc1nc(-c2cccs2)no1. The highest BCUT2D eigenvalue weighted by Crippen LogP contribution is 2.21. The van der Waals surface area contributed by atoms with Gasteiger partial charge in [-0.3, -0.25) is 0 Å². The molecule has 0 bridgehead atoms. The fourth-order valence-electron chi connectivity index (χ4n) is 1.07. The van der Waals surface area contributed by atoms with Gasteiger partial charge in [0.05, 0.1) is 4.88 Å². The summed E-state index contributed by atoms with van der Waals surface area (Å²) in [5.74, 6) is -0.299. The number of carbonyl (C=O) groups is 1. The average molecular weight is 223 g/mol. The first-order valence-corrected chi connectivity index (χ1v) is 5.20. The molecule has 6 heteroatoms. The van der Waals surface area contributed by atoms with Crippen LogP contribution >= 0.6 is 11.3 Å². The molecule has 0 saturated carbocycles. The van der Waals surface area contributed by atoms with Crippen LogP contribution in [0.2, 0.25) is 0 Å². The van der Waals surface area contributed by atoms with Crippen LogP contribution < -0.4 is 5.11 Å². The second-order valence-electron chi connectivity index (χ2n) is 2.86. The van der Waals surface area contributed by atoms with E-state index >= 15 is 0 Å². The summed E-state index contributed by atoms with van der Waals surface area (Å²) in [7, 11) is 0. The van der Waals surface area contributed by atoms with Gasteiger partial charge in [0.2, 0.25) is 11.7 Å². The Morgan fingerprint density at radius 3 is 3.13 bits per heavy atom. The molecule has 15 heavy (non-hydrogen) atoms. The van der Waals surface area contributed by atoms with Crippen LogP contribution in [0.25, 0.3) is 10.7 Å². The minimum atomic E-state index is -1.12. The molecular weight excluding hydrogens is 216 g/mol. The molecule has 0 aliphatic rings. The van der Waals surface area contributed by atoms with Crippen LogP contribution in [0.4, 0.5) is 0 Å². The van der Waals surface area contributed by atoms with Crippen LogP contribution in [0.5, 0.6) is 0 Å². The molecule has 2 aromatic rings. The number of aliphatic carboxylic acids is 1. The zero-order chi connectivity index (χ0) is 10.7. The van der Waals surface area contributed by atoms with E-state index in [1.807, 2.05) is 17.5 Å². The largest absolute Gasteiger partial charge is 0.550 e. The summed E-state index contributed by atoms with van der Waals surface area (Å²) in [6.45, 7) is 0. The smallest absolute Gasteiger partial charge is 0.227 e. The quantitative estimate of drug-likeness (QED) is 0.753. The summed E-state index contributed by atoms with van der Waals surface area (Å²) in [6.07, 6.45) is 0.104. The lowest BCUT2D eigenvalue weighted by molar-refractivity contribution is -0.305. The number of carboxylic acid groups (broad SMARTS) is 1. The summed E-state index contributed by atoms with van der Waals surface area (Å²) in [4.78, 5) is 15.2. The fourth-order valence-corrected chi connectivity index (χ4v) is 1.72. The molecule has 0 spiro atoms. The highest BCUT2D eigenvalue weighted by Gasteiger charge is 2.08. The second-order valence-corrected chi connectivity index (χ2v) is 3.81. The number of rotatable bonds is 4. The van der Waals surface area contributed by atoms with Gasteiger partial charge in [0.1, 0.15) is 0 Å². The predicted octanol–water partition coefficient (Wildman–Crippen LogP) is 0.481. The van der Waals surface area contributed by atoms with Crippen molar-refractivity contribution in [3.05, 3.63) is 23.4 Å². The maximum absolute atomic E-state index is 10.2. The molecular formula is C9H7N2O3S-. The normalized spacial score (nSPS) is 10.4. The van der Waals surface area contributed by atoms with Crippen molar-refractivity contribution in [2.75, 3.05) is 0 Å². The topological polar surface area (TPSA) is 79.0 Å². The van der Waals surface area contributed by atoms with Gasteiger partial charge in [-0.25, -0.2) is 0 Å². The van der Waals surface area contributed by atoms with Gasteiger partial charge >= 0.3 is 0 Å². The Kier molecular flexibility index (Phi) is 2.77. The summed E-state index contributed by atoms with van der Waals surface area (Å²) in [5.41, 5.74) is 0. The Morgan fingerprint density at radius 2 is 2.47 bits per heavy atom. The molecule has 2 heterocycles. The lowest BCUT2D eigenvalue weighted by Gasteiger charge is -1.95. The van der Waals surface area contributed by atoms with E-state index in [0.29, 0.717) is 11.7 Å². The van der Waals surface area contributed by atoms with Crippen molar-refractivity contribution < 1.29 is 14.4 Å². The van der Waals surface area contributed by atoms with Crippen LogP contribution in [-0.2, 0) is 11.2 Å². The summed E-state index contributed by atoms with van der Waals surface area (Å²) in [5, 5.41) is 15.9. The number of carbonyl (C=O) groups excluding carboxylic acids is 1. The molecule has 0 atom stereocenters. The summed E-state index contributed by atoms with van der Waals surface area (Å²) in [6, 6.07) is 3.76. The van der Waals surface area contributed by atoms with Crippen LogP contribution in [-0.4, -0.2) is 16.1 Å². The van der Waals surface area contributed by atoms with Gasteiger partial charge in [-0.15, -0.1) is 11.3 Å². The Bertz CT molecular complexity index is 450. The molecule has 0 saturated heterocycles. The third kappa shape index (κ3) is 2.41. The van der Waals surface area contributed by atoms with Crippen LogP contribution in [0, 0.1) is 0 Å². The van der Waals surface area contributed by atoms with Gasteiger partial charge in [-0.1, -0.05) is 11.2 Å². The first-order valence-electron chi connectivity index (χ1n) is 4.32. The highest BCUT2D eigenvalue weighted by molar-refractivity contribution is 7.13.